The van der Waals surface area contributed by atoms with E-state index in [9.17, 15) is 4.79 Å². The van der Waals surface area contributed by atoms with Crippen LogP contribution in [0.4, 0.5) is 5.69 Å². The molecule has 0 N–H and O–H groups in total. The Balaban J connectivity index is 1.57. The van der Waals surface area contributed by atoms with Crippen LogP contribution in [0.2, 0.25) is 15.1 Å². The quantitative estimate of drug-likeness (QED) is 0.231. The van der Waals surface area contributed by atoms with E-state index in [2.05, 4.69) is 20.9 Å². The third-order valence-corrected chi connectivity index (χ3v) is 8.12. The molecule has 3 aromatic rings. The summed E-state index contributed by atoms with van der Waals surface area (Å²) in [6.07, 6.45) is 1.83. The highest BCUT2D eigenvalue weighted by molar-refractivity contribution is 9.10. The third-order valence-electron chi connectivity index (χ3n) is 5.30. The zero-order valence-electron chi connectivity index (χ0n) is 19.9. The van der Waals surface area contributed by atoms with Crippen molar-refractivity contribution in [3.8, 4) is 11.5 Å². The highest BCUT2D eigenvalue weighted by Crippen LogP contribution is 2.37. The zero-order chi connectivity index (χ0) is 26.5. The summed E-state index contributed by atoms with van der Waals surface area (Å²) in [6.45, 7) is 5.03. The van der Waals surface area contributed by atoms with Gasteiger partial charge in [0.05, 0.1) is 22.2 Å². The Bertz CT molecular complexity index is 1400. The molecule has 0 unspecified atom stereocenters. The molecule has 0 aromatic heterocycles. The van der Waals surface area contributed by atoms with E-state index in [4.69, 9.17) is 44.3 Å². The summed E-state index contributed by atoms with van der Waals surface area (Å²) in [6, 6.07) is 16.2. The van der Waals surface area contributed by atoms with Gasteiger partial charge in [-0.3, -0.25) is 9.69 Å². The minimum Gasteiger partial charge on any atom is -0.490 e. The zero-order valence-corrected chi connectivity index (χ0v) is 24.6. The van der Waals surface area contributed by atoms with Crippen molar-refractivity contribution in [1.29, 1.82) is 0 Å². The van der Waals surface area contributed by atoms with Crippen LogP contribution in [0, 0.1) is 0 Å². The van der Waals surface area contributed by atoms with Gasteiger partial charge in [-0.15, -0.1) is 0 Å². The summed E-state index contributed by atoms with van der Waals surface area (Å²) in [7, 11) is 0. The maximum Gasteiger partial charge on any atom is 0.266 e. The molecule has 0 bridgehead atoms. The van der Waals surface area contributed by atoms with Gasteiger partial charge in [0.15, 0.2) is 16.7 Å². The first-order valence-corrected chi connectivity index (χ1v) is 14.1. The molecule has 0 atom stereocenters. The second-order valence-electron chi connectivity index (χ2n) is 7.82. The molecule has 0 aliphatic carbocycles. The molecule has 1 saturated heterocycles. The predicted octanol–water partition coefficient (Wildman–Crippen LogP) is 9.01. The number of hydrogen-bond acceptors (Lipinski definition) is 5. The van der Waals surface area contributed by atoms with Crippen molar-refractivity contribution < 1.29 is 14.3 Å². The van der Waals surface area contributed by atoms with Gasteiger partial charge in [0.2, 0.25) is 0 Å². The second-order valence-corrected chi connectivity index (χ2v) is 10.9. The van der Waals surface area contributed by atoms with Crippen LogP contribution in [-0.4, -0.2) is 29.1 Å². The number of amidine groups is 1. The fourth-order valence-corrected chi connectivity index (χ4v) is 5.43. The normalized spacial score (nSPS) is 15.6. The molecule has 4 rings (SSSR count). The first-order valence-electron chi connectivity index (χ1n) is 11.4. The number of benzene rings is 3. The average molecular weight is 641 g/mol. The van der Waals surface area contributed by atoms with Crippen molar-refractivity contribution in [2.75, 3.05) is 13.2 Å². The molecule has 1 amide bonds. The average Bonchev–Trinajstić information content (AvgIpc) is 3.15. The lowest BCUT2D eigenvalue weighted by molar-refractivity contribution is -0.122. The molecular weight excluding hydrogens is 619 g/mol. The topological polar surface area (TPSA) is 51.1 Å². The smallest absolute Gasteiger partial charge is 0.266 e. The summed E-state index contributed by atoms with van der Waals surface area (Å²) < 4.78 is 12.6. The van der Waals surface area contributed by atoms with Crippen LogP contribution < -0.4 is 9.47 Å². The number of ether oxygens (including phenoxy) is 2. The van der Waals surface area contributed by atoms with Crippen molar-refractivity contribution in [2.24, 2.45) is 4.99 Å². The second kappa shape index (κ2) is 12.6. The van der Waals surface area contributed by atoms with Crippen molar-refractivity contribution in [3.63, 3.8) is 0 Å². The Morgan fingerprint density at radius 1 is 0.973 bits per heavy atom. The van der Waals surface area contributed by atoms with Crippen LogP contribution in [0.1, 0.15) is 25.0 Å². The maximum absolute atomic E-state index is 13.1. The Kier molecular flexibility index (Phi) is 9.48. The molecule has 0 spiro atoms. The monoisotopic (exact) mass is 638 g/mol. The van der Waals surface area contributed by atoms with Crippen LogP contribution in [0.25, 0.3) is 6.08 Å². The lowest BCUT2D eigenvalue weighted by atomic mass is 10.1. The Hall–Kier alpha value is -2.16. The highest BCUT2D eigenvalue weighted by Gasteiger charge is 2.32. The van der Waals surface area contributed by atoms with Gasteiger partial charge in [0, 0.05) is 26.6 Å². The summed E-state index contributed by atoms with van der Waals surface area (Å²) in [5.41, 5.74) is 2.29. The number of carbonyl (C=O) groups is 1. The number of hydrogen-bond donors (Lipinski definition) is 0. The van der Waals surface area contributed by atoms with E-state index < -0.39 is 0 Å². The molecule has 1 aliphatic heterocycles. The molecular formula is C27H22BrCl3N2O3S. The number of halogens is 4. The lowest BCUT2D eigenvalue weighted by Crippen LogP contribution is -2.28. The van der Waals surface area contributed by atoms with Gasteiger partial charge in [0.1, 0.15) is 6.61 Å². The molecule has 0 radical (unpaired) electrons. The van der Waals surface area contributed by atoms with E-state index in [-0.39, 0.29) is 12.5 Å². The van der Waals surface area contributed by atoms with Crippen LogP contribution in [0.15, 0.2) is 69.0 Å². The largest absolute Gasteiger partial charge is 0.490 e. The molecule has 3 aromatic carbocycles. The highest BCUT2D eigenvalue weighted by atomic mass is 79.9. The lowest BCUT2D eigenvalue weighted by Gasteiger charge is -2.13. The van der Waals surface area contributed by atoms with Gasteiger partial charge in [-0.25, -0.2) is 4.99 Å². The number of amides is 1. The fraction of sp³-hybridized carbons (Fsp3) is 0.185. The fourth-order valence-electron chi connectivity index (χ4n) is 3.48. The van der Waals surface area contributed by atoms with Crippen LogP contribution in [0.3, 0.4) is 0 Å². The Labute approximate surface area is 243 Å². The van der Waals surface area contributed by atoms with E-state index in [1.807, 2.05) is 56.3 Å². The first-order chi connectivity index (χ1) is 17.8. The van der Waals surface area contributed by atoms with Crippen LogP contribution in [0.5, 0.6) is 11.5 Å². The third kappa shape index (κ3) is 6.84. The summed E-state index contributed by atoms with van der Waals surface area (Å²) >= 11 is 23.2. The first kappa shape index (κ1) is 27.9. The Morgan fingerprint density at radius 2 is 1.78 bits per heavy atom. The molecule has 1 fully saturated rings. The van der Waals surface area contributed by atoms with E-state index in [0.717, 1.165) is 15.6 Å². The van der Waals surface area contributed by atoms with E-state index in [0.29, 0.717) is 55.5 Å². The molecule has 1 heterocycles. The van der Waals surface area contributed by atoms with Gasteiger partial charge < -0.3 is 9.47 Å². The minimum absolute atomic E-state index is 0.106. The van der Waals surface area contributed by atoms with Crippen molar-refractivity contribution >= 4 is 85.3 Å². The number of nitrogens with zero attached hydrogens (tertiary/aromatic N) is 2. The van der Waals surface area contributed by atoms with Gasteiger partial charge >= 0.3 is 0 Å². The number of carbonyl (C=O) groups excluding carboxylic acids is 1. The number of aliphatic imine (C=N–C) groups is 1. The molecule has 5 nitrogen and oxygen atoms in total. The van der Waals surface area contributed by atoms with E-state index in [1.165, 1.54) is 11.8 Å². The van der Waals surface area contributed by atoms with Crippen molar-refractivity contribution in [2.45, 2.75) is 20.5 Å². The van der Waals surface area contributed by atoms with Crippen molar-refractivity contribution in [1.82, 2.24) is 4.90 Å². The summed E-state index contributed by atoms with van der Waals surface area (Å²) in [5, 5.41) is 2.25. The van der Waals surface area contributed by atoms with Crippen LogP contribution >= 0.6 is 62.5 Å². The van der Waals surface area contributed by atoms with Gasteiger partial charge in [-0.2, -0.15) is 0 Å². The minimum atomic E-state index is -0.106. The maximum atomic E-state index is 13.1. The summed E-state index contributed by atoms with van der Waals surface area (Å²) in [5.74, 6) is 1.04. The van der Waals surface area contributed by atoms with Gasteiger partial charge in [0.25, 0.3) is 5.91 Å². The van der Waals surface area contributed by atoms with Crippen LogP contribution in [-0.2, 0) is 11.4 Å². The molecule has 192 valence electrons. The predicted molar refractivity (Wildman–Crippen MR) is 158 cm³/mol. The Morgan fingerprint density at radius 3 is 2.49 bits per heavy atom. The molecule has 1 aliphatic rings. The number of thioether (sulfide) groups is 1. The van der Waals surface area contributed by atoms with Gasteiger partial charge in [-0.1, -0.05) is 46.9 Å². The SMILES string of the molecule is CCOc1cc(/C=C2\SC(=Nc3ccc(Br)c(Cl)c3)N(CC)C2=O)ccc1OCc1ccc(Cl)cc1Cl. The molecule has 37 heavy (non-hydrogen) atoms. The number of rotatable bonds is 8. The number of likely N-dealkylation sites (N-methyl/N-ethyl adjacent to an activating group) is 1. The van der Waals surface area contributed by atoms with Crippen molar-refractivity contribution in [3.05, 3.63) is 90.2 Å². The molecule has 10 heteroatoms. The summed E-state index contributed by atoms with van der Waals surface area (Å²) in [4.78, 5) is 20.0. The van der Waals surface area contributed by atoms with Gasteiger partial charge in [-0.05, 0) is 95.6 Å². The van der Waals surface area contributed by atoms with E-state index in [1.54, 1.807) is 23.1 Å². The van der Waals surface area contributed by atoms with E-state index >= 15 is 0 Å². The molecule has 0 saturated carbocycles. The standard InChI is InChI=1S/C27H22BrCl3N2O3S/c1-3-33-26(34)25(37-27(33)32-19-8-9-20(28)22(31)14-19)12-16-5-10-23(24(11-16)35-4-2)36-15-17-6-7-18(29)13-21(17)30/h5-14H,3-4,15H2,1-2H3/b25-12-,32-27?.